The van der Waals surface area contributed by atoms with Crippen LogP contribution in [-0.2, 0) is 14.9 Å². The lowest BCUT2D eigenvalue weighted by molar-refractivity contribution is -0.0402. The average molecular weight is 329 g/mol. The highest BCUT2D eigenvalue weighted by Crippen LogP contribution is 2.55. The summed E-state index contributed by atoms with van der Waals surface area (Å²) in [6, 6.07) is 4.66. The molecule has 5 heteroatoms. The van der Waals surface area contributed by atoms with Gasteiger partial charge in [0.25, 0.3) is 0 Å². The molecular formula is C19H23NO4. The second-order valence-electron chi connectivity index (χ2n) is 7.32. The van der Waals surface area contributed by atoms with Crippen LogP contribution in [0.1, 0.15) is 30.6 Å². The Morgan fingerprint density at radius 1 is 1.25 bits per heavy atom. The quantitative estimate of drug-likeness (QED) is 0.740. The van der Waals surface area contributed by atoms with E-state index >= 15 is 0 Å². The van der Waals surface area contributed by atoms with E-state index in [2.05, 4.69) is 43.2 Å². The van der Waals surface area contributed by atoms with Gasteiger partial charge in [-0.3, -0.25) is 4.90 Å². The second kappa shape index (κ2) is 4.97. The summed E-state index contributed by atoms with van der Waals surface area (Å²) in [5.74, 6) is 1.68. The Hall–Kier alpha value is -1.56. The number of hydrogen-bond acceptors (Lipinski definition) is 5. The fourth-order valence-corrected chi connectivity index (χ4v) is 5.04. The van der Waals surface area contributed by atoms with Crippen molar-refractivity contribution < 1.29 is 18.9 Å². The third-order valence-electron chi connectivity index (χ3n) is 6.23. The van der Waals surface area contributed by atoms with Gasteiger partial charge in [-0.2, -0.15) is 0 Å². The van der Waals surface area contributed by atoms with Gasteiger partial charge in [0.05, 0.1) is 23.7 Å². The maximum absolute atomic E-state index is 6.47. The summed E-state index contributed by atoms with van der Waals surface area (Å²) < 4.78 is 23.3. The fraction of sp³-hybridized carbons (Fsp3) is 0.579. The number of ether oxygens (including phenoxy) is 4. The minimum Gasteiger partial charge on any atom is -0.454 e. The van der Waals surface area contributed by atoms with Gasteiger partial charge in [-0.05, 0) is 43.7 Å². The van der Waals surface area contributed by atoms with Crippen LogP contribution in [-0.4, -0.2) is 50.6 Å². The number of fused-ring (bicyclic) bond motifs is 2. The number of likely N-dealkylation sites (tertiary alicyclic amines) is 1. The van der Waals surface area contributed by atoms with Crippen LogP contribution >= 0.6 is 0 Å². The molecule has 24 heavy (non-hydrogen) atoms. The highest BCUT2D eigenvalue weighted by Gasteiger charge is 2.58. The molecule has 5 unspecified atom stereocenters. The van der Waals surface area contributed by atoms with Crippen molar-refractivity contribution in [1.82, 2.24) is 4.90 Å². The molecule has 0 N–H and O–H groups in total. The maximum Gasteiger partial charge on any atom is 0.231 e. The van der Waals surface area contributed by atoms with Crippen molar-refractivity contribution in [2.24, 2.45) is 0 Å². The van der Waals surface area contributed by atoms with Crippen LogP contribution < -0.4 is 9.47 Å². The van der Waals surface area contributed by atoms with E-state index in [0.717, 1.165) is 24.5 Å². The smallest absolute Gasteiger partial charge is 0.231 e. The molecule has 1 aromatic carbocycles. The van der Waals surface area contributed by atoms with E-state index in [9.17, 15) is 0 Å². The Kier molecular flexibility index (Phi) is 3.06. The Morgan fingerprint density at radius 3 is 2.83 bits per heavy atom. The normalized spacial score (nSPS) is 39.5. The monoisotopic (exact) mass is 329 g/mol. The lowest BCUT2D eigenvalue weighted by Gasteiger charge is -2.47. The highest BCUT2D eigenvalue weighted by molar-refractivity contribution is 5.56. The highest BCUT2D eigenvalue weighted by atomic mass is 16.7. The van der Waals surface area contributed by atoms with E-state index < -0.39 is 0 Å². The lowest BCUT2D eigenvalue weighted by atomic mass is 9.65. The Balaban J connectivity index is 1.73. The van der Waals surface area contributed by atoms with Crippen LogP contribution in [0.15, 0.2) is 24.3 Å². The number of nitrogens with zero attached hydrogens (tertiary/aromatic N) is 1. The first-order valence-electron chi connectivity index (χ1n) is 8.65. The molecule has 1 aliphatic carbocycles. The zero-order chi connectivity index (χ0) is 16.5. The predicted molar refractivity (Wildman–Crippen MR) is 88.5 cm³/mol. The number of benzene rings is 1. The lowest BCUT2D eigenvalue weighted by Crippen LogP contribution is -2.52. The molecule has 4 aliphatic rings. The van der Waals surface area contributed by atoms with Crippen LogP contribution in [0.4, 0.5) is 0 Å². The summed E-state index contributed by atoms with van der Waals surface area (Å²) >= 11 is 0. The van der Waals surface area contributed by atoms with Crippen molar-refractivity contribution >= 4 is 0 Å². The molecule has 0 bridgehead atoms. The minimum absolute atomic E-state index is 0.0609. The van der Waals surface area contributed by atoms with Gasteiger partial charge in [-0.1, -0.05) is 12.2 Å². The molecule has 5 atom stereocenters. The summed E-state index contributed by atoms with van der Waals surface area (Å²) in [6.07, 6.45) is 5.90. The molecule has 5 rings (SSSR count). The molecule has 1 aromatic rings. The zero-order valence-corrected chi connectivity index (χ0v) is 14.3. The topological polar surface area (TPSA) is 40.2 Å². The summed E-state index contributed by atoms with van der Waals surface area (Å²) in [4.78, 5) is 2.42. The van der Waals surface area contributed by atoms with E-state index in [0.29, 0.717) is 12.8 Å². The summed E-state index contributed by atoms with van der Waals surface area (Å²) in [5, 5.41) is 0. The van der Waals surface area contributed by atoms with Gasteiger partial charge >= 0.3 is 0 Å². The van der Waals surface area contributed by atoms with Gasteiger partial charge in [0, 0.05) is 19.7 Å². The Labute approximate surface area is 142 Å². The number of methoxy groups -OCH3 is 1. The molecule has 1 fully saturated rings. The standard InChI is InChI=1S/C19H23NO4/c1-11-13-7-15-16(23-10-22-15)8-14(13)19-5-4-12(21-3)6-17(19)20(2)9-18(19)24-11/h4-5,7-8,11-12,17-18H,6,9-10H2,1-3H3. The van der Waals surface area contributed by atoms with Gasteiger partial charge in [-0.25, -0.2) is 0 Å². The van der Waals surface area contributed by atoms with Crippen LogP contribution in [0.2, 0.25) is 0 Å². The average Bonchev–Trinajstić information content (AvgIpc) is 3.16. The third-order valence-corrected chi connectivity index (χ3v) is 6.23. The van der Waals surface area contributed by atoms with Crippen LogP contribution in [0.5, 0.6) is 11.5 Å². The van der Waals surface area contributed by atoms with Gasteiger partial charge in [-0.15, -0.1) is 0 Å². The van der Waals surface area contributed by atoms with Gasteiger partial charge in [0.2, 0.25) is 6.79 Å². The van der Waals surface area contributed by atoms with Gasteiger partial charge < -0.3 is 18.9 Å². The number of hydrogen-bond donors (Lipinski definition) is 0. The third kappa shape index (κ3) is 1.75. The van der Waals surface area contributed by atoms with E-state index in [4.69, 9.17) is 18.9 Å². The van der Waals surface area contributed by atoms with Crippen molar-refractivity contribution in [2.45, 2.75) is 43.1 Å². The first-order chi connectivity index (χ1) is 11.6. The summed E-state index contributed by atoms with van der Waals surface area (Å²) in [7, 11) is 3.97. The second-order valence-corrected chi connectivity index (χ2v) is 7.32. The number of likely N-dealkylation sites (N-methyl/N-ethyl adjacent to an activating group) is 1. The minimum atomic E-state index is -0.132. The molecule has 3 aliphatic heterocycles. The molecule has 0 radical (unpaired) electrons. The molecule has 128 valence electrons. The molecule has 0 saturated carbocycles. The van der Waals surface area contributed by atoms with Crippen LogP contribution in [0, 0.1) is 0 Å². The molecule has 3 heterocycles. The molecule has 1 saturated heterocycles. The predicted octanol–water partition coefficient (Wildman–Crippen LogP) is 2.40. The molecule has 1 spiro atoms. The molecule has 5 nitrogen and oxygen atoms in total. The molecular weight excluding hydrogens is 306 g/mol. The van der Waals surface area contributed by atoms with Crippen molar-refractivity contribution in [3.8, 4) is 11.5 Å². The van der Waals surface area contributed by atoms with Crippen LogP contribution in [0.3, 0.4) is 0 Å². The van der Waals surface area contributed by atoms with Crippen LogP contribution in [0.25, 0.3) is 0 Å². The first-order valence-corrected chi connectivity index (χ1v) is 8.65. The number of rotatable bonds is 1. The van der Waals surface area contributed by atoms with E-state index in [1.165, 1.54) is 11.1 Å². The fourth-order valence-electron chi connectivity index (χ4n) is 5.04. The van der Waals surface area contributed by atoms with Gasteiger partial charge in [0.15, 0.2) is 11.5 Å². The van der Waals surface area contributed by atoms with Crippen molar-refractivity contribution in [2.75, 3.05) is 27.5 Å². The van der Waals surface area contributed by atoms with E-state index in [1.54, 1.807) is 7.11 Å². The zero-order valence-electron chi connectivity index (χ0n) is 14.3. The maximum atomic E-state index is 6.47. The molecule has 0 aromatic heterocycles. The Bertz CT molecular complexity index is 718. The SMILES string of the molecule is COC1C=CC23c4cc5c(cc4C(C)OC2CN(C)C3C1)OCO5. The Morgan fingerprint density at radius 2 is 2.04 bits per heavy atom. The first kappa shape index (κ1) is 14.8. The molecule has 0 amide bonds. The summed E-state index contributed by atoms with van der Waals surface area (Å²) in [6.45, 7) is 3.37. The van der Waals surface area contributed by atoms with E-state index in [-0.39, 0.29) is 23.7 Å². The van der Waals surface area contributed by atoms with Crippen molar-refractivity contribution in [3.63, 3.8) is 0 Å². The van der Waals surface area contributed by atoms with Gasteiger partial charge in [0.1, 0.15) is 0 Å². The van der Waals surface area contributed by atoms with Crippen molar-refractivity contribution in [1.29, 1.82) is 0 Å². The van der Waals surface area contributed by atoms with Crippen molar-refractivity contribution in [3.05, 3.63) is 35.4 Å². The summed E-state index contributed by atoms with van der Waals surface area (Å²) in [5.41, 5.74) is 2.42. The largest absolute Gasteiger partial charge is 0.454 e. The van der Waals surface area contributed by atoms with E-state index in [1.807, 2.05) is 0 Å².